The minimum Gasteiger partial charge on any atom is -0.459 e. The topological polar surface area (TPSA) is 78.3 Å². The van der Waals surface area contributed by atoms with Crippen molar-refractivity contribution < 1.29 is 4.74 Å². The van der Waals surface area contributed by atoms with Crippen LogP contribution in [-0.2, 0) is 0 Å². The normalized spacial score (nSPS) is 12.9. The van der Waals surface area contributed by atoms with Crippen molar-refractivity contribution in [3.05, 3.63) is 12.4 Å². The molecule has 2 N–H and O–H groups in total. The van der Waals surface area contributed by atoms with Crippen molar-refractivity contribution >= 4 is 11.5 Å². The van der Waals surface area contributed by atoms with Gasteiger partial charge in [-0.2, -0.15) is 4.98 Å². The summed E-state index contributed by atoms with van der Waals surface area (Å²) in [6.07, 6.45) is 5.45. The zero-order valence-corrected chi connectivity index (χ0v) is 9.42. The van der Waals surface area contributed by atoms with E-state index in [1.54, 1.807) is 16.9 Å². The van der Waals surface area contributed by atoms with Gasteiger partial charge in [0.2, 0.25) is 0 Å². The summed E-state index contributed by atoms with van der Waals surface area (Å²) in [5.41, 5.74) is 6.29. The summed E-state index contributed by atoms with van der Waals surface area (Å²) in [6, 6.07) is 0.295. The van der Waals surface area contributed by atoms with Gasteiger partial charge in [-0.05, 0) is 13.3 Å². The van der Waals surface area contributed by atoms with Crippen LogP contribution in [0.3, 0.4) is 0 Å². The summed E-state index contributed by atoms with van der Waals surface area (Å²) in [5, 5.41) is 4.16. The molecule has 16 heavy (non-hydrogen) atoms. The maximum atomic E-state index is 5.74. The van der Waals surface area contributed by atoms with Crippen molar-refractivity contribution in [2.24, 2.45) is 0 Å². The molecule has 2 aromatic rings. The first-order valence-electron chi connectivity index (χ1n) is 5.34. The van der Waals surface area contributed by atoms with E-state index in [0.717, 1.165) is 12.8 Å². The third-order valence-corrected chi connectivity index (χ3v) is 2.26. The molecule has 2 heterocycles. The standard InChI is InChI=1S/C10H15N5O/c1-3-4-7(2)16-10-13-8(11)9-12-5-6-15(9)14-10/h5-7H,3-4H2,1-2H3,(H2,11,13,14). The van der Waals surface area contributed by atoms with E-state index in [4.69, 9.17) is 10.5 Å². The number of nitrogens with two attached hydrogens (primary N) is 1. The van der Waals surface area contributed by atoms with Crippen LogP contribution >= 0.6 is 0 Å². The van der Waals surface area contributed by atoms with Gasteiger partial charge in [0.15, 0.2) is 11.5 Å². The van der Waals surface area contributed by atoms with Crippen molar-refractivity contribution in [3.63, 3.8) is 0 Å². The van der Waals surface area contributed by atoms with Crippen LogP contribution in [0.1, 0.15) is 26.7 Å². The molecule has 0 saturated heterocycles. The van der Waals surface area contributed by atoms with Crippen LogP contribution < -0.4 is 10.5 Å². The summed E-state index contributed by atoms with van der Waals surface area (Å²) in [5.74, 6) is 0.332. The second-order valence-electron chi connectivity index (χ2n) is 3.69. The molecule has 0 bridgehead atoms. The minimum absolute atomic E-state index is 0.0883. The number of hydrogen-bond acceptors (Lipinski definition) is 5. The highest BCUT2D eigenvalue weighted by atomic mass is 16.5. The first-order chi connectivity index (χ1) is 7.70. The van der Waals surface area contributed by atoms with Crippen LogP contribution in [0.25, 0.3) is 5.65 Å². The van der Waals surface area contributed by atoms with Crippen LogP contribution in [0.5, 0.6) is 6.01 Å². The third kappa shape index (κ3) is 2.05. The van der Waals surface area contributed by atoms with E-state index in [9.17, 15) is 0 Å². The van der Waals surface area contributed by atoms with Gasteiger partial charge in [0, 0.05) is 12.4 Å². The zero-order chi connectivity index (χ0) is 11.5. The summed E-state index contributed by atoms with van der Waals surface area (Å²) >= 11 is 0. The van der Waals surface area contributed by atoms with Crippen LogP contribution in [0.4, 0.5) is 5.82 Å². The first kappa shape index (κ1) is 10.7. The van der Waals surface area contributed by atoms with Crippen LogP contribution in [0.2, 0.25) is 0 Å². The van der Waals surface area contributed by atoms with E-state index >= 15 is 0 Å². The molecule has 1 atom stereocenters. The molecule has 0 spiro atoms. The fourth-order valence-corrected chi connectivity index (χ4v) is 1.52. The lowest BCUT2D eigenvalue weighted by Crippen LogP contribution is -2.15. The summed E-state index contributed by atoms with van der Waals surface area (Å²) < 4.78 is 7.13. The Kier molecular flexibility index (Phi) is 2.89. The molecule has 2 rings (SSSR count). The molecule has 0 saturated carbocycles. The predicted molar refractivity (Wildman–Crippen MR) is 60.2 cm³/mol. The molecular formula is C10H15N5O. The summed E-state index contributed by atoms with van der Waals surface area (Å²) in [7, 11) is 0. The van der Waals surface area contributed by atoms with Gasteiger partial charge in [-0.25, -0.2) is 9.50 Å². The molecule has 0 aliphatic heterocycles. The van der Waals surface area contributed by atoms with E-state index in [-0.39, 0.29) is 6.10 Å². The molecule has 2 aromatic heterocycles. The van der Waals surface area contributed by atoms with E-state index in [1.807, 2.05) is 6.92 Å². The van der Waals surface area contributed by atoms with Crippen LogP contribution in [0.15, 0.2) is 12.4 Å². The van der Waals surface area contributed by atoms with Gasteiger partial charge in [0.1, 0.15) is 0 Å². The fourth-order valence-electron chi connectivity index (χ4n) is 1.52. The Labute approximate surface area is 93.5 Å². The van der Waals surface area contributed by atoms with Gasteiger partial charge in [-0.3, -0.25) is 0 Å². The van der Waals surface area contributed by atoms with Gasteiger partial charge in [-0.1, -0.05) is 13.3 Å². The minimum atomic E-state index is 0.0883. The van der Waals surface area contributed by atoms with E-state index < -0.39 is 0 Å². The second kappa shape index (κ2) is 4.34. The van der Waals surface area contributed by atoms with Gasteiger partial charge < -0.3 is 10.5 Å². The van der Waals surface area contributed by atoms with Gasteiger partial charge in [-0.15, -0.1) is 5.10 Å². The Morgan fingerprint density at radius 1 is 1.56 bits per heavy atom. The average Bonchev–Trinajstić information content (AvgIpc) is 2.66. The number of rotatable bonds is 4. The number of aromatic nitrogens is 4. The molecule has 6 nitrogen and oxygen atoms in total. The number of imidazole rings is 1. The van der Waals surface area contributed by atoms with Crippen molar-refractivity contribution in [1.82, 2.24) is 19.6 Å². The SMILES string of the molecule is CCCC(C)Oc1nc(N)c2nccn2n1. The Balaban J connectivity index is 2.24. The monoisotopic (exact) mass is 221 g/mol. The highest BCUT2D eigenvalue weighted by Gasteiger charge is 2.09. The van der Waals surface area contributed by atoms with Gasteiger partial charge in [0.05, 0.1) is 6.10 Å². The predicted octanol–water partition coefficient (Wildman–Crippen LogP) is 1.27. The molecule has 1 unspecified atom stereocenters. The summed E-state index contributed by atoms with van der Waals surface area (Å²) in [6.45, 7) is 4.09. The Bertz CT molecular complexity index is 481. The maximum Gasteiger partial charge on any atom is 0.336 e. The Hall–Kier alpha value is -1.85. The Morgan fingerprint density at radius 2 is 2.38 bits per heavy atom. The van der Waals surface area contributed by atoms with Crippen molar-refractivity contribution in [2.45, 2.75) is 32.8 Å². The molecule has 0 aliphatic rings. The zero-order valence-electron chi connectivity index (χ0n) is 9.42. The highest BCUT2D eigenvalue weighted by molar-refractivity contribution is 5.58. The molecular weight excluding hydrogens is 206 g/mol. The highest BCUT2D eigenvalue weighted by Crippen LogP contribution is 2.13. The average molecular weight is 221 g/mol. The van der Waals surface area contributed by atoms with Crippen molar-refractivity contribution in [3.8, 4) is 6.01 Å². The molecule has 86 valence electrons. The lowest BCUT2D eigenvalue weighted by molar-refractivity contribution is 0.189. The largest absolute Gasteiger partial charge is 0.459 e. The number of nitrogen functional groups attached to an aromatic ring is 1. The summed E-state index contributed by atoms with van der Waals surface area (Å²) in [4.78, 5) is 8.09. The van der Waals surface area contributed by atoms with Crippen molar-refractivity contribution in [2.75, 3.05) is 5.73 Å². The third-order valence-electron chi connectivity index (χ3n) is 2.26. The molecule has 0 aromatic carbocycles. The molecule has 0 fully saturated rings. The molecule has 0 aliphatic carbocycles. The second-order valence-corrected chi connectivity index (χ2v) is 3.69. The number of nitrogens with zero attached hydrogens (tertiary/aromatic N) is 4. The maximum absolute atomic E-state index is 5.74. The van der Waals surface area contributed by atoms with E-state index in [0.29, 0.717) is 17.5 Å². The number of ether oxygens (including phenoxy) is 1. The lowest BCUT2D eigenvalue weighted by Gasteiger charge is -2.11. The van der Waals surface area contributed by atoms with Crippen LogP contribution in [-0.4, -0.2) is 25.7 Å². The van der Waals surface area contributed by atoms with Gasteiger partial charge in [0.25, 0.3) is 0 Å². The smallest absolute Gasteiger partial charge is 0.336 e. The van der Waals surface area contributed by atoms with Crippen molar-refractivity contribution in [1.29, 1.82) is 0 Å². The fraction of sp³-hybridized carbons (Fsp3) is 0.500. The lowest BCUT2D eigenvalue weighted by atomic mass is 10.2. The Morgan fingerprint density at radius 3 is 3.12 bits per heavy atom. The number of anilines is 1. The number of hydrogen-bond donors (Lipinski definition) is 1. The molecule has 0 radical (unpaired) electrons. The molecule has 6 heteroatoms. The first-order valence-corrected chi connectivity index (χ1v) is 5.34. The quantitative estimate of drug-likeness (QED) is 0.841. The van der Waals surface area contributed by atoms with Gasteiger partial charge >= 0.3 is 6.01 Å². The molecule has 0 amide bonds. The number of fused-ring (bicyclic) bond motifs is 1. The van der Waals surface area contributed by atoms with E-state index in [2.05, 4.69) is 22.0 Å². The van der Waals surface area contributed by atoms with E-state index in [1.165, 1.54) is 0 Å². The van der Waals surface area contributed by atoms with Crippen LogP contribution in [0, 0.1) is 0 Å².